The Kier molecular flexibility index (Phi) is 5.58. The number of halogens is 1. The van der Waals surface area contributed by atoms with Crippen LogP contribution in [0.4, 0.5) is 0 Å². The third kappa shape index (κ3) is 3.56. The maximum absolute atomic E-state index is 12.3. The molecule has 0 aliphatic carbocycles. The molecule has 4 aromatic rings. The lowest BCUT2D eigenvalue weighted by atomic mass is 9.86. The molecule has 6 heteroatoms. The van der Waals surface area contributed by atoms with Crippen LogP contribution in [0.3, 0.4) is 0 Å². The lowest BCUT2D eigenvalue weighted by Crippen LogP contribution is -2.26. The first-order valence-corrected chi connectivity index (χ1v) is 12.5. The molecule has 2 atom stereocenters. The van der Waals surface area contributed by atoms with Gasteiger partial charge in [-0.2, -0.15) is 0 Å². The van der Waals surface area contributed by atoms with Crippen LogP contribution in [0.25, 0.3) is 21.9 Å². The topological polar surface area (TPSA) is 50.1 Å². The zero-order chi connectivity index (χ0) is 20.7. The summed E-state index contributed by atoms with van der Waals surface area (Å²) in [6.45, 7) is 1.58. The van der Waals surface area contributed by atoms with Crippen molar-refractivity contribution in [2.75, 3.05) is 19.5 Å². The van der Waals surface area contributed by atoms with Crippen LogP contribution in [0.2, 0.25) is 0 Å². The summed E-state index contributed by atoms with van der Waals surface area (Å²) in [6, 6.07) is 19.1. The van der Waals surface area contributed by atoms with E-state index in [1.807, 2.05) is 12.3 Å². The first-order valence-electron chi connectivity index (χ1n) is 10.2. The van der Waals surface area contributed by atoms with Crippen molar-refractivity contribution in [2.24, 2.45) is 5.92 Å². The van der Waals surface area contributed by atoms with E-state index in [9.17, 15) is 4.55 Å². The molecule has 1 aliphatic heterocycles. The summed E-state index contributed by atoms with van der Waals surface area (Å²) in [5, 5.41) is 1.10. The van der Waals surface area contributed by atoms with Crippen LogP contribution in [0, 0.1) is 5.92 Å². The van der Waals surface area contributed by atoms with Crippen molar-refractivity contribution in [3.8, 4) is 0 Å². The summed E-state index contributed by atoms with van der Waals surface area (Å²) < 4.78 is 21.3. The van der Waals surface area contributed by atoms with E-state index >= 15 is 0 Å². The predicted molar refractivity (Wildman–Crippen MR) is 125 cm³/mol. The quantitative estimate of drug-likeness (QED) is 0.350. The number of nitrogens with zero attached hydrogens (tertiary/aromatic N) is 2. The van der Waals surface area contributed by atoms with Crippen LogP contribution < -0.4 is 0 Å². The van der Waals surface area contributed by atoms with Crippen molar-refractivity contribution in [2.45, 2.75) is 23.8 Å². The number of hydrogen-bond donors (Lipinski definition) is 0. The Hall–Kier alpha value is -1.86. The second-order valence-electron chi connectivity index (χ2n) is 7.83. The van der Waals surface area contributed by atoms with Crippen molar-refractivity contribution in [3.05, 3.63) is 70.8 Å². The molecule has 5 rings (SSSR count). The van der Waals surface area contributed by atoms with E-state index in [0.717, 1.165) is 57.4 Å². The van der Waals surface area contributed by atoms with Crippen LogP contribution in [0.15, 0.2) is 70.2 Å². The fraction of sp³-hybridized carbons (Fsp3) is 0.292. The van der Waals surface area contributed by atoms with Gasteiger partial charge in [-0.15, -0.1) is 0 Å². The van der Waals surface area contributed by atoms with Crippen LogP contribution in [-0.2, 0) is 15.9 Å². The van der Waals surface area contributed by atoms with E-state index in [1.165, 1.54) is 5.56 Å². The van der Waals surface area contributed by atoms with Crippen LogP contribution in [0.5, 0.6) is 0 Å². The van der Waals surface area contributed by atoms with Gasteiger partial charge in [0.1, 0.15) is 6.26 Å². The largest absolute Gasteiger partial charge is 0.612 e. The van der Waals surface area contributed by atoms with Gasteiger partial charge >= 0.3 is 0 Å². The van der Waals surface area contributed by atoms with E-state index in [0.29, 0.717) is 5.92 Å². The molecule has 30 heavy (non-hydrogen) atoms. The minimum atomic E-state index is -1.04. The van der Waals surface area contributed by atoms with Crippen LogP contribution in [-0.4, -0.2) is 33.6 Å². The zero-order valence-corrected chi connectivity index (χ0v) is 19.2. The Morgan fingerprint density at radius 2 is 1.87 bits per heavy atom. The smallest absolute Gasteiger partial charge is 0.154 e. The summed E-state index contributed by atoms with van der Waals surface area (Å²) in [6.07, 6.45) is 5.61. The number of rotatable bonds is 4. The van der Waals surface area contributed by atoms with E-state index < -0.39 is 11.2 Å². The number of benzene rings is 2. The predicted octanol–water partition coefficient (Wildman–Crippen LogP) is 5.71. The molecule has 4 nitrogen and oxygen atoms in total. The standard InChI is InChI=1S/C24H23BrN2O2S/c1-30(28)19-7-8-20-21(14-19)27(22-13-18(25)15-26-23(20)22)24(16-5-3-2-4-6-16)17-9-11-29-12-10-17/h2-8,13-15,17,24H,9-12H2,1H3/t24-,30+/m1/s1. The monoisotopic (exact) mass is 482 g/mol. The highest BCUT2D eigenvalue weighted by Crippen LogP contribution is 2.41. The average Bonchev–Trinajstić information content (AvgIpc) is 3.08. The Bertz CT molecular complexity index is 1190. The van der Waals surface area contributed by atoms with E-state index in [4.69, 9.17) is 9.72 Å². The summed E-state index contributed by atoms with van der Waals surface area (Å²) in [7, 11) is 0. The SMILES string of the molecule is C[S@+]([O-])c1ccc2c3ncc(Br)cc3n([C@H](c3ccccc3)C3CCOCC3)c2c1. The minimum absolute atomic E-state index is 0.159. The molecule has 0 radical (unpaired) electrons. The van der Waals surface area contributed by atoms with Crippen LogP contribution in [0.1, 0.15) is 24.4 Å². The molecule has 0 amide bonds. The lowest BCUT2D eigenvalue weighted by molar-refractivity contribution is 0.0553. The van der Waals surface area contributed by atoms with Crippen LogP contribution >= 0.6 is 15.9 Å². The number of pyridine rings is 1. The second kappa shape index (κ2) is 8.35. The Labute approximate surface area is 187 Å². The van der Waals surface area contributed by atoms with Gasteiger partial charge in [0.15, 0.2) is 4.90 Å². The Morgan fingerprint density at radius 3 is 2.60 bits per heavy atom. The fourth-order valence-corrected chi connectivity index (χ4v) is 5.51. The molecule has 0 unspecified atom stereocenters. The molecule has 0 spiro atoms. The molecule has 1 aliphatic rings. The van der Waals surface area contributed by atoms with Gasteiger partial charge in [-0.1, -0.05) is 30.3 Å². The first-order chi connectivity index (χ1) is 14.6. The molecule has 2 aromatic carbocycles. The Morgan fingerprint density at radius 1 is 1.10 bits per heavy atom. The molecular weight excluding hydrogens is 460 g/mol. The highest BCUT2D eigenvalue weighted by atomic mass is 79.9. The van der Waals surface area contributed by atoms with Gasteiger partial charge in [0, 0.05) is 35.3 Å². The maximum Gasteiger partial charge on any atom is 0.154 e. The molecule has 1 saturated heterocycles. The summed E-state index contributed by atoms with van der Waals surface area (Å²) in [5.74, 6) is 0.453. The molecular formula is C24H23BrN2O2S. The Balaban J connectivity index is 1.84. The number of fused-ring (bicyclic) bond motifs is 3. The van der Waals surface area contributed by atoms with Gasteiger partial charge in [-0.3, -0.25) is 4.98 Å². The van der Waals surface area contributed by atoms with Crippen molar-refractivity contribution in [1.29, 1.82) is 0 Å². The van der Waals surface area contributed by atoms with E-state index in [1.54, 1.807) is 6.26 Å². The third-order valence-electron chi connectivity index (χ3n) is 6.04. The zero-order valence-electron chi connectivity index (χ0n) is 16.8. The van der Waals surface area contributed by atoms with Gasteiger partial charge < -0.3 is 13.9 Å². The number of hydrogen-bond acceptors (Lipinski definition) is 3. The highest BCUT2D eigenvalue weighted by Gasteiger charge is 2.30. The summed E-state index contributed by atoms with van der Waals surface area (Å²) in [4.78, 5) is 5.59. The summed E-state index contributed by atoms with van der Waals surface area (Å²) in [5.41, 5.74) is 4.45. The minimum Gasteiger partial charge on any atom is -0.612 e. The van der Waals surface area contributed by atoms with Gasteiger partial charge in [0.05, 0.1) is 22.6 Å². The van der Waals surface area contributed by atoms with Crippen molar-refractivity contribution < 1.29 is 9.29 Å². The molecule has 3 heterocycles. The maximum atomic E-state index is 12.3. The van der Waals surface area contributed by atoms with Gasteiger partial charge in [-0.05, 0) is 69.6 Å². The molecule has 0 bridgehead atoms. The average molecular weight is 483 g/mol. The first kappa shape index (κ1) is 20.1. The fourth-order valence-electron chi connectivity index (χ4n) is 4.65. The third-order valence-corrected chi connectivity index (χ3v) is 7.39. The highest BCUT2D eigenvalue weighted by molar-refractivity contribution is 9.10. The van der Waals surface area contributed by atoms with E-state index in [2.05, 4.69) is 69.0 Å². The number of aromatic nitrogens is 2. The lowest BCUT2D eigenvalue weighted by Gasteiger charge is -2.33. The van der Waals surface area contributed by atoms with E-state index in [-0.39, 0.29) is 6.04 Å². The number of ether oxygens (including phenoxy) is 1. The molecule has 0 N–H and O–H groups in total. The van der Waals surface area contributed by atoms with Gasteiger partial charge in [-0.25, -0.2) is 0 Å². The molecule has 154 valence electrons. The molecule has 0 saturated carbocycles. The molecule has 2 aromatic heterocycles. The summed E-state index contributed by atoms with van der Waals surface area (Å²) >= 11 is 2.57. The van der Waals surface area contributed by atoms with Gasteiger partial charge in [0.25, 0.3) is 0 Å². The second-order valence-corrected chi connectivity index (χ2v) is 10.1. The van der Waals surface area contributed by atoms with Gasteiger partial charge in [0.2, 0.25) is 0 Å². The molecule has 1 fully saturated rings. The van der Waals surface area contributed by atoms with Crippen molar-refractivity contribution >= 4 is 49.0 Å². The normalized spacial score (nSPS) is 17.4. The van der Waals surface area contributed by atoms with Crippen molar-refractivity contribution in [3.63, 3.8) is 0 Å². The van der Waals surface area contributed by atoms with Crippen molar-refractivity contribution in [1.82, 2.24) is 9.55 Å².